The molecule has 1 amide bonds. The lowest BCUT2D eigenvalue weighted by Gasteiger charge is -2.37. The minimum absolute atomic E-state index is 0.0108. The van der Waals surface area contributed by atoms with Gasteiger partial charge in [-0.05, 0) is 19.3 Å². The second kappa shape index (κ2) is 7.48. The van der Waals surface area contributed by atoms with Gasteiger partial charge in [0.15, 0.2) is 0 Å². The van der Waals surface area contributed by atoms with E-state index < -0.39 is 11.4 Å². The normalized spacial score (nSPS) is 18.4. The van der Waals surface area contributed by atoms with Crippen molar-refractivity contribution in [2.45, 2.75) is 57.9 Å². The van der Waals surface area contributed by atoms with Gasteiger partial charge in [0.1, 0.15) is 0 Å². The summed E-state index contributed by atoms with van der Waals surface area (Å²) < 4.78 is 5.09. The Hall–Kier alpha value is -1.10. The zero-order chi connectivity index (χ0) is 14.3. The predicted molar refractivity (Wildman–Crippen MR) is 71.9 cm³/mol. The van der Waals surface area contributed by atoms with Crippen molar-refractivity contribution < 1.29 is 19.4 Å². The largest absolute Gasteiger partial charge is 0.481 e. The minimum Gasteiger partial charge on any atom is -0.481 e. The molecular formula is C14H25NO4. The molecule has 1 saturated carbocycles. The lowest BCUT2D eigenvalue weighted by molar-refractivity contribution is -0.157. The van der Waals surface area contributed by atoms with Crippen molar-refractivity contribution in [3.05, 3.63) is 0 Å². The van der Waals surface area contributed by atoms with Crippen molar-refractivity contribution in [1.82, 2.24) is 5.32 Å². The van der Waals surface area contributed by atoms with Crippen molar-refractivity contribution in [3.8, 4) is 0 Å². The van der Waals surface area contributed by atoms with E-state index >= 15 is 0 Å². The SMILES string of the molecule is CCCCC(COC)NC(=O)CC1(C(=O)O)CCC1. The van der Waals surface area contributed by atoms with Crippen LogP contribution in [0.3, 0.4) is 0 Å². The van der Waals surface area contributed by atoms with Gasteiger partial charge in [-0.1, -0.05) is 26.2 Å². The van der Waals surface area contributed by atoms with Crippen LogP contribution in [0.2, 0.25) is 0 Å². The first-order valence-electron chi connectivity index (χ1n) is 7.06. The van der Waals surface area contributed by atoms with Crippen LogP contribution in [0.4, 0.5) is 0 Å². The number of methoxy groups -OCH3 is 1. The highest BCUT2D eigenvalue weighted by atomic mass is 16.5. The summed E-state index contributed by atoms with van der Waals surface area (Å²) in [5, 5.41) is 12.1. The van der Waals surface area contributed by atoms with Gasteiger partial charge in [-0.3, -0.25) is 9.59 Å². The maximum absolute atomic E-state index is 12.0. The van der Waals surface area contributed by atoms with E-state index in [4.69, 9.17) is 4.74 Å². The molecule has 2 N–H and O–H groups in total. The number of hydrogen-bond acceptors (Lipinski definition) is 3. The standard InChI is InChI=1S/C14H25NO4/c1-3-4-6-11(10-19-2)15-12(16)9-14(13(17)18)7-5-8-14/h11H,3-10H2,1-2H3,(H,15,16)(H,17,18). The fourth-order valence-corrected chi connectivity index (χ4v) is 2.50. The molecule has 0 aromatic rings. The number of ether oxygens (including phenoxy) is 1. The van der Waals surface area contributed by atoms with E-state index in [1.807, 2.05) is 0 Å². The Morgan fingerprint density at radius 2 is 2.11 bits per heavy atom. The van der Waals surface area contributed by atoms with Crippen molar-refractivity contribution in [3.63, 3.8) is 0 Å². The summed E-state index contributed by atoms with van der Waals surface area (Å²) in [5.74, 6) is -1.01. The molecule has 1 aliphatic rings. The number of carboxylic acids is 1. The van der Waals surface area contributed by atoms with Crippen LogP contribution in [0.5, 0.6) is 0 Å². The van der Waals surface area contributed by atoms with Gasteiger partial charge in [0.05, 0.1) is 18.1 Å². The number of aliphatic carboxylic acids is 1. The van der Waals surface area contributed by atoms with Gasteiger partial charge >= 0.3 is 5.97 Å². The van der Waals surface area contributed by atoms with Gasteiger partial charge in [0.2, 0.25) is 5.91 Å². The molecule has 19 heavy (non-hydrogen) atoms. The van der Waals surface area contributed by atoms with Gasteiger partial charge in [0.25, 0.3) is 0 Å². The van der Waals surface area contributed by atoms with Crippen molar-refractivity contribution in [1.29, 1.82) is 0 Å². The minimum atomic E-state index is -0.842. The van der Waals surface area contributed by atoms with Gasteiger partial charge in [0, 0.05) is 13.5 Å². The van der Waals surface area contributed by atoms with Crippen molar-refractivity contribution >= 4 is 11.9 Å². The highest BCUT2D eigenvalue weighted by Crippen LogP contribution is 2.44. The maximum Gasteiger partial charge on any atom is 0.310 e. The summed E-state index contributed by atoms with van der Waals surface area (Å²) >= 11 is 0. The lowest BCUT2D eigenvalue weighted by Crippen LogP contribution is -2.45. The Balaban J connectivity index is 2.45. The Bertz CT molecular complexity index is 313. The number of rotatable bonds is 9. The molecule has 5 heteroatoms. The average Bonchev–Trinajstić information content (AvgIpc) is 2.30. The van der Waals surface area contributed by atoms with Crippen LogP contribution in [0, 0.1) is 5.41 Å². The van der Waals surface area contributed by atoms with E-state index in [0.29, 0.717) is 19.4 Å². The third kappa shape index (κ3) is 4.49. The third-order valence-electron chi connectivity index (χ3n) is 3.90. The number of carbonyl (C=O) groups is 2. The molecule has 1 aliphatic carbocycles. The summed E-state index contributed by atoms with van der Waals surface area (Å²) in [5.41, 5.74) is -0.813. The molecule has 0 radical (unpaired) electrons. The molecule has 0 aromatic heterocycles. The van der Waals surface area contributed by atoms with Gasteiger partial charge in [-0.2, -0.15) is 0 Å². The van der Waals surface area contributed by atoms with Gasteiger partial charge in [-0.25, -0.2) is 0 Å². The van der Waals surface area contributed by atoms with E-state index in [-0.39, 0.29) is 18.4 Å². The summed E-state index contributed by atoms with van der Waals surface area (Å²) in [6, 6.07) is -0.0108. The molecule has 1 unspecified atom stereocenters. The smallest absolute Gasteiger partial charge is 0.310 e. The second-order valence-electron chi connectivity index (χ2n) is 5.48. The summed E-state index contributed by atoms with van der Waals surface area (Å²) in [6.45, 7) is 2.57. The fraction of sp³-hybridized carbons (Fsp3) is 0.857. The molecular weight excluding hydrogens is 246 g/mol. The van der Waals surface area contributed by atoms with E-state index in [2.05, 4.69) is 12.2 Å². The zero-order valence-electron chi connectivity index (χ0n) is 11.9. The Kier molecular flexibility index (Phi) is 6.28. The van der Waals surface area contributed by atoms with Crippen LogP contribution in [0.25, 0.3) is 0 Å². The summed E-state index contributed by atoms with van der Waals surface area (Å²) in [6.07, 6.45) is 5.18. The second-order valence-corrected chi connectivity index (χ2v) is 5.48. The molecule has 1 rings (SSSR count). The van der Waals surface area contributed by atoms with Gasteiger partial charge < -0.3 is 15.2 Å². The van der Waals surface area contributed by atoms with Crippen LogP contribution in [-0.4, -0.2) is 36.7 Å². The number of hydrogen-bond donors (Lipinski definition) is 2. The molecule has 1 fully saturated rings. The molecule has 0 saturated heterocycles. The van der Waals surface area contributed by atoms with E-state index in [1.54, 1.807) is 7.11 Å². The van der Waals surface area contributed by atoms with Gasteiger partial charge in [-0.15, -0.1) is 0 Å². The molecule has 0 spiro atoms. The van der Waals surface area contributed by atoms with Crippen LogP contribution in [-0.2, 0) is 14.3 Å². The molecule has 0 bridgehead atoms. The summed E-state index contributed by atoms with van der Waals surface area (Å²) in [4.78, 5) is 23.2. The van der Waals surface area contributed by atoms with Crippen molar-refractivity contribution in [2.75, 3.05) is 13.7 Å². The molecule has 5 nitrogen and oxygen atoms in total. The predicted octanol–water partition coefficient (Wildman–Crippen LogP) is 1.95. The quantitative estimate of drug-likeness (QED) is 0.672. The van der Waals surface area contributed by atoms with Crippen LogP contribution < -0.4 is 5.32 Å². The molecule has 110 valence electrons. The van der Waals surface area contributed by atoms with Crippen LogP contribution in [0.15, 0.2) is 0 Å². The molecule has 0 aromatic carbocycles. The van der Waals surface area contributed by atoms with E-state index in [0.717, 1.165) is 25.7 Å². The summed E-state index contributed by atoms with van der Waals surface area (Å²) in [7, 11) is 1.61. The topological polar surface area (TPSA) is 75.6 Å². The van der Waals surface area contributed by atoms with E-state index in [1.165, 1.54) is 0 Å². The Morgan fingerprint density at radius 3 is 2.53 bits per heavy atom. The first-order chi connectivity index (χ1) is 9.04. The Labute approximate surface area is 114 Å². The number of carboxylic acid groups (broad SMARTS) is 1. The molecule has 0 heterocycles. The number of amides is 1. The monoisotopic (exact) mass is 271 g/mol. The highest BCUT2D eigenvalue weighted by Gasteiger charge is 2.46. The Morgan fingerprint density at radius 1 is 1.42 bits per heavy atom. The van der Waals surface area contributed by atoms with Crippen LogP contribution in [0.1, 0.15) is 51.9 Å². The van der Waals surface area contributed by atoms with E-state index in [9.17, 15) is 14.7 Å². The molecule has 0 aliphatic heterocycles. The zero-order valence-corrected chi connectivity index (χ0v) is 11.9. The van der Waals surface area contributed by atoms with Crippen LogP contribution >= 0.6 is 0 Å². The molecule has 1 atom stereocenters. The van der Waals surface area contributed by atoms with Crippen molar-refractivity contribution in [2.24, 2.45) is 5.41 Å². The maximum atomic E-state index is 12.0. The first kappa shape index (κ1) is 16.0. The fourth-order valence-electron chi connectivity index (χ4n) is 2.50. The number of nitrogens with one attached hydrogen (secondary N) is 1. The first-order valence-corrected chi connectivity index (χ1v) is 7.06. The average molecular weight is 271 g/mol. The number of carbonyl (C=O) groups excluding carboxylic acids is 1. The number of unbranched alkanes of at least 4 members (excludes halogenated alkanes) is 1. The highest BCUT2D eigenvalue weighted by molar-refractivity contribution is 5.85. The third-order valence-corrected chi connectivity index (χ3v) is 3.90. The lowest BCUT2D eigenvalue weighted by atomic mass is 9.66.